The summed E-state index contributed by atoms with van der Waals surface area (Å²) in [5, 5.41) is 3.50. The number of nitrogens with one attached hydrogen (secondary N) is 2. The van der Waals surface area contributed by atoms with Gasteiger partial charge in [-0.3, -0.25) is 24.6 Å². The minimum atomic E-state index is -0.605. The molecule has 168 valence electrons. The number of benzene rings is 1. The number of piperidine rings is 1. The number of likely N-dealkylation sites (tertiary alicyclic amines) is 1. The van der Waals surface area contributed by atoms with Crippen LogP contribution >= 0.6 is 0 Å². The molecule has 2 N–H and O–H groups in total. The monoisotopic (exact) mass is 443 g/mol. The zero-order chi connectivity index (χ0) is 22.5. The number of carbonyl (C=O) groups excluding carboxylic acids is 3. The maximum Gasteiger partial charge on any atom is 0.255 e. The average Bonchev–Trinajstić information content (AvgIpc) is 3.54. The van der Waals surface area contributed by atoms with Crippen LogP contribution in [-0.2, 0) is 22.7 Å². The van der Waals surface area contributed by atoms with E-state index in [1.807, 2.05) is 24.4 Å². The maximum absolute atomic E-state index is 13.0. The van der Waals surface area contributed by atoms with E-state index in [4.69, 9.17) is 4.98 Å². The third kappa shape index (κ3) is 3.51. The first kappa shape index (κ1) is 20.1. The van der Waals surface area contributed by atoms with Gasteiger partial charge in [0.2, 0.25) is 11.8 Å². The van der Waals surface area contributed by atoms with Crippen LogP contribution in [0.5, 0.6) is 0 Å². The molecule has 0 aliphatic carbocycles. The van der Waals surface area contributed by atoms with Crippen molar-refractivity contribution in [1.82, 2.24) is 25.1 Å². The molecular formula is C25H25N5O3. The molecule has 33 heavy (non-hydrogen) atoms. The van der Waals surface area contributed by atoms with Crippen LogP contribution in [0, 0.1) is 0 Å². The van der Waals surface area contributed by atoms with Gasteiger partial charge >= 0.3 is 0 Å². The lowest BCUT2D eigenvalue weighted by molar-refractivity contribution is -0.136. The number of imide groups is 1. The number of aromatic nitrogens is 2. The Morgan fingerprint density at radius 1 is 1.06 bits per heavy atom. The molecule has 3 amide bonds. The molecule has 3 aliphatic heterocycles. The Kier molecular flexibility index (Phi) is 4.76. The minimum Gasteiger partial charge on any atom is -0.346 e. The average molecular weight is 444 g/mol. The van der Waals surface area contributed by atoms with Crippen LogP contribution in [0.1, 0.15) is 47.2 Å². The highest BCUT2D eigenvalue weighted by Gasteiger charge is 2.39. The van der Waals surface area contributed by atoms with Crippen LogP contribution < -0.4 is 5.32 Å². The lowest BCUT2D eigenvalue weighted by Crippen LogP contribution is -2.52. The summed E-state index contributed by atoms with van der Waals surface area (Å²) in [6.07, 6.45) is 5.03. The highest BCUT2D eigenvalue weighted by Crippen LogP contribution is 2.32. The molecule has 1 atom stereocenters. The molecule has 3 aliphatic rings. The maximum atomic E-state index is 13.0. The van der Waals surface area contributed by atoms with Crippen molar-refractivity contribution in [2.24, 2.45) is 0 Å². The van der Waals surface area contributed by atoms with Crippen LogP contribution in [0.4, 0.5) is 0 Å². The van der Waals surface area contributed by atoms with Crippen molar-refractivity contribution in [2.45, 2.75) is 44.8 Å². The molecule has 0 spiro atoms. The van der Waals surface area contributed by atoms with Gasteiger partial charge in [-0.1, -0.05) is 6.07 Å². The highest BCUT2D eigenvalue weighted by atomic mass is 16.2. The second-order valence-corrected chi connectivity index (χ2v) is 9.16. The predicted molar refractivity (Wildman–Crippen MR) is 122 cm³/mol. The number of rotatable bonds is 4. The van der Waals surface area contributed by atoms with Gasteiger partial charge in [-0.05, 0) is 67.7 Å². The molecule has 0 unspecified atom stereocenters. The third-order valence-electron chi connectivity index (χ3n) is 7.03. The van der Waals surface area contributed by atoms with Crippen molar-refractivity contribution in [3.05, 3.63) is 53.2 Å². The fourth-order valence-electron chi connectivity index (χ4n) is 5.30. The Hall–Kier alpha value is -3.52. The van der Waals surface area contributed by atoms with Crippen LogP contribution in [0.25, 0.3) is 22.3 Å². The van der Waals surface area contributed by atoms with Crippen molar-refractivity contribution in [3.63, 3.8) is 0 Å². The van der Waals surface area contributed by atoms with Crippen LogP contribution in [-0.4, -0.2) is 56.6 Å². The van der Waals surface area contributed by atoms with E-state index in [-0.39, 0.29) is 18.2 Å². The quantitative estimate of drug-likeness (QED) is 0.604. The molecule has 5 heterocycles. The summed E-state index contributed by atoms with van der Waals surface area (Å²) in [6, 6.07) is 9.41. The number of H-pyrrole nitrogens is 1. The number of nitrogens with zero attached hydrogens (tertiary/aromatic N) is 3. The molecule has 0 bridgehead atoms. The number of fused-ring (bicyclic) bond motifs is 2. The second kappa shape index (κ2) is 7.81. The smallest absolute Gasteiger partial charge is 0.255 e. The van der Waals surface area contributed by atoms with Crippen molar-refractivity contribution < 1.29 is 14.4 Å². The van der Waals surface area contributed by atoms with Crippen molar-refractivity contribution in [3.8, 4) is 11.3 Å². The van der Waals surface area contributed by atoms with Gasteiger partial charge < -0.3 is 9.88 Å². The number of aromatic amines is 1. The second-order valence-electron chi connectivity index (χ2n) is 9.16. The topological polar surface area (TPSA) is 98.4 Å². The largest absolute Gasteiger partial charge is 0.346 e. The van der Waals surface area contributed by atoms with Gasteiger partial charge in [-0.2, -0.15) is 0 Å². The van der Waals surface area contributed by atoms with E-state index < -0.39 is 11.9 Å². The lowest BCUT2D eigenvalue weighted by Gasteiger charge is -2.29. The summed E-state index contributed by atoms with van der Waals surface area (Å²) in [4.78, 5) is 48.9. The van der Waals surface area contributed by atoms with Gasteiger partial charge in [0.15, 0.2) is 0 Å². The first-order valence-electron chi connectivity index (χ1n) is 11.5. The summed E-state index contributed by atoms with van der Waals surface area (Å²) in [5.41, 5.74) is 5.43. The summed E-state index contributed by atoms with van der Waals surface area (Å²) in [5.74, 6) is -0.829. The summed E-state index contributed by atoms with van der Waals surface area (Å²) >= 11 is 0. The normalized spacial score (nSPS) is 21.2. The fourth-order valence-corrected chi connectivity index (χ4v) is 5.30. The Balaban J connectivity index is 1.32. The molecule has 3 aromatic rings. The lowest BCUT2D eigenvalue weighted by atomic mass is 10.0. The number of hydrogen-bond acceptors (Lipinski definition) is 5. The fraction of sp³-hybridized carbons (Fsp3) is 0.360. The Bertz CT molecular complexity index is 1290. The SMILES string of the molecule is O=C1CC[C@H](N2Cc3cc(-c4cc(CN5CCCC5)c5cc[nH]c5n4)ccc3C2=O)C(=O)N1. The molecule has 6 rings (SSSR count). The zero-order valence-corrected chi connectivity index (χ0v) is 18.3. The van der Waals surface area contributed by atoms with Gasteiger partial charge in [0, 0.05) is 42.2 Å². The first-order chi connectivity index (χ1) is 16.1. The zero-order valence-electron chi connectivity index (χ0n) is 18.3. The van der Waals surface area contributed by atoms with E-state index in [9.17, 15) is 14.4 Å². The van der Waals surface area contributed by atoms with Gasteiger partial charge in [-0.15, -0.1) is 0 Å². The molecule has 2 fully saturated rings. The van der Waals surface area contributed by atoms with Crippen LogP contribution in [0.3, 0.4) is 0 Å². The van der Waals surface area contributed by atoms with E-state index in [1.54, 1.807) is 4.90 Å². The third-order valence-corrected chi connectivity index (χ3v) is 7.03. The molecule has 2 aromatic heterocycles. The Labute approximate surface area is 191 Å². The standard InChI is InChI=1S/C25H25N5O3/c31-22-6-5-21(24(32)28-22)30-14-16-11-15(3-4-19(16)25(30)33)20-12-17(13-29-9-1-2-10-29)18-7-8-26-23(18)27-20/h3-4,7-8,11-12,21H,1-2,5-6,9-10,13-14H2,(H,26,27)(H,28,31,32)/t21-/m0/s1. The van der Waals surface area contributed by atoms with Gasteiger partial charge in [0.25, 0.3) is 5.91 Å². The molecule has 1 aromatic carbocycles. The number of hydrogen-bond donors (Lipinski definition) is 2. The predicted octanol–water partition coefficient (Wildman–Crippen LogP) is 2.59. The van der Waals surface area contributed by atoms with E-state index in [0.29, 0.717) is 18.5 Å². The number of carbonyl (C=O) groups is 3. The highest BCUT2D eigenvalue weighted by molar-refractivity contribution is 6.05. The van der Waals surface area contributed by atoms with Crippen molar-refractivity contribution in [2.75, 3.05) is 13.1 Å². The Morgan fingerprint density at radius 2 is 1.91 bits per heavy atom. The molecule has 8 nitrogen and oxygen atoms in total. The van der Waals surface area contributed by atoms with E-state index in [1.165, 1.54) is 18.4 Å². The van der Waals surface area contributed by atoms with Crippen LogP contribution in [0.15, 0.2) is 36.5 Å². The van der Waals surface area contributed by atoms with E-state index >= 15 is 0 Å². The summed E-state index contributed by atoms with van der Waals surface area (Å²) < 4.78 is 0. The van der Waals surface area contributed by atoms with E-state index in [0.717, 1.165) is 47.5 Å². The van der Waals surface area contributed by atoms with Crippen molar-refractivity contribution in [1.29, 1.82) is 0 Å². The van der Waals surface area contributed by atoms with Gasteiger partial charge in [0.05, 0.1) is 5.69 Å². The van der Waals surface area contributed by atoms with Gasteiger partial charge in [0.1, 0.15) is 11.7 Å². The molecule has 8 heteroatoms. The Morgan fingerprint density at radius 3 is 2.73 bits per heavy atom. The molecule has 2 saturated heterocycles. The summed E-state index contributed by atoms with van der Waals surface area (Å²) in [7, 11) is 0. The molecule has 0 radical (unpaired) electrons. The van der Waals surface area contributed by atoms with E-state index in [2.05, 4.69) is 27.3 Å². The van der Waals surface area contributed by atoms with Gasteiger partial charge in [-0.25, -0.2) is 4.98 Å². The summed E-state index contributed by atoms with van der Waals surface area (Å²) in [6.45, 7) is 3.51. The molecular weight excluding hydrogens is 418 g/mol. The number of amides is 3. The minimum absolute atomic E-state index is 0.159. The van der Waals surface area contributed by atoms with Crippen LogP contribution in [0.2, 0.25) is 0 Å². The number of pyridine rings is 1. The molecule has 0 saturated carbocycles. The van der Waals surface area contributed by atoms with Crippen molar-refractivity contribution >= 4 is 28.8 Å². The first-order valence-corrected chi connectivity index (χ1v) is 11.5.